The second-order valence-electron chi connectivity index (χ2n) is 2.86. The van der Waals surface area contributed by atoms with Crippen LogP contribution in [-0.4, -0.2) is 0 Å². The molecule has 3 rings (SSSR count). The first kappa shape index (κ1) is 3.71. The van der Waals surface area contributed by atoms with Crippen LogP contribution in [0.15, 0.2) is 12.2 Å². The average Bonchev–Trinajstić information content (AvgIpc) is 1.90. The van der Waals surface area contributed by atoms with E-state index in [9.17, 15) is 0 Å². The van der Waals surface area contributed by atoms with Gasteiger partial charge in [-0.3, -0.25) is 0 Å². The van der Waals surface area contributed by atoms with E-state index in [1.54, 1.807) is 0 Å². The molecular weight excluding hydrogens is 96.1 g/mol. The van der Waals surface area contributed by atoms with E-state index in [0.29, 0.717) is 5.92 Å². The van der Waals surface area contributed by atoms with Crippen molar-refractivity contribution in [2.75, 3.05) is 0 Å². The van der Waals surface area contributed by atoms with Crippen molar-refractivity contribution in [3.8, 4) is 0 Å². The molecule has 0 N–H and O–H groups in total. The van der Waals surface area contributed by atoms with Gasteiger partial charge in [0, 0.05) is 1.37 Å². The quantitative estimate of drug-likeness (QED) is 0.419. The Kier molecular flexibility index (Phi) is 0.746. The number of allylic oxidation sites excluding steroid dienone is 2. The largest absolute Gasteiger partial charge is 0.0851 e. The van der Waals surface area contributed by atoms with Crippen LogP contribution in [0.4, 0.5) is 0 Å². The van der Waals surface area contributed by atoms with Crippen LogP contribution >= 0.6 is 0 Å². The molecule has 0 amide bonds. The van der Waals surface area contributed by atoms with Crippen LogP contribution < -0.4 is 0 Å². The molecule has 2 unspecified atom stereocenters. The van der Waals surface area contributed by atoms with Gasteiger partial charge in [0.2, 0.25) is 0 Å². The highest BCUT2D eigenvalue weighted by Crippen LogP contribution is 2.35. The minimum absolute atomic E-state index is 0.230. The Labute approximate surface area is 52.0 Å². The predicted molar refractivity (Wildman–Crippen MR) is 34.6 cm³/mol. The minimum Gasteiger partial charge on any atom is -0.0851 e. The van der Waals surface area contributed by atoms with Crippen LogP contribution in [-0.2, 0) is 0 Å². The highest BCUT2D eigenvalue weighted by molar-refractivity contribution is 5.02. The normalized spacial score (nSPS) is 54.0. The van der Waals surface area contributed by atoms with Crippen molar-refractivity contribution in [1.82, 2.24) is 0 Å². The molecular formula is C8H12. The first-order valence-electron chi connectivity index (χ1n) is 4.04. The fourth-order valence-corrected chi connectivity index (χ4v) is 1.64. The van der Waals surface area contributed by atoms with Crippen LogP contribution in [0.1, 0.15) is 27.0 Å². The molecule has 0 nitrogen and oxygen atoms in total. The minimum atomic E-state index is 0.230. The van der Waals surface area contributed by atoms with Crippen molar-refractivity contribution in [3.05, 3.63) is 12.2 Å². The van der Waals surface area contributed by atoms with Gasteiger partial charge in [-0.15, -0.1) is 0 Å². The van der Waals surface area contributed by atoms with E-state index in [-0.39, 0.29) is 6.40 Å². The first-order valence-corrected chi connectivity index (χ1v) is 3.47. The summed E-state index contributed by atoms with van der Waals surface area (Å²) >= 11 is 0. The smallest absolute Gasteiger partial charge is 0.0273 e. The van der Waals surface area contributed by atoms with Gasteiger partial charge in [-0.05, 0) is 37.5 Å². The summed E-state index contributed by atoms with van der Waals surface area (Å²) in [4.78, 5) is 0. The third-order valence-corrected chi connectivity index (χ3v) is 2.24. The van der Waals surface area contributed by atoms with Gasteiger partial charge in [0.25, 0.3) is 0 Å². The SMILES string of the molecule is [2H][C@@H]1CC2C=CC1CC2. The van der Waals surface area contributed by atoms with Gasteiger partial charge >= 0.3 is 0 Å². The lowest BCUT2D eigenvalue weighted by Crippen LogP contribution is -2.16. The molecule has 1 saturated carbocycles. The molecule has 0 aromatic rings. The lowest BCUT2D eigenvalue weighted by atomic mass is 9.76. The predicted octanol–water partition coefficient (Wildman–Crippen LogP) is 2.36. The Balaban J connectivity index is 2.20. The summed E-state index contributed by atoms with van der Waals surface area (Å²) in [5.41, 5.74) is 0. The van der Waals surface area contributed by atoms with E-state index in [0.717, 1.165) is 12.3 Å². The van der Waals surface area contributed by atoms with Crippen LogP contribution in [0.25, 0.3) is 0 Å². The molecule has 0 spiro atoms. The molecule has 3 atom stereocenters. The zero-order valence-corrected chi connectivity index (χ0v) is 5.01. The summed E-state index contributed by atoms with van der Waals surface area (Å²) < 4.78 is 7.61. The summed E-state index contributed by atoms with van der Waals surface area (Å²) in [7, 11) is 0. The highest BCUT2D eigenvalue weighted by atomic mass is 14.3. The van der Waals surface area contributed by atoms with E-state index in [1.165, 1.54) is 12.8 Å². The van der Waals surface area contributed by atoms with Gasteiger partial charge in [0.15, 0.2) is 0 Å². The molecule has 0 radical (unpaired) electrons. The van der Waals surface area contributed by atoms with E-state index < -0.39 is 0 Å². The van der Waals surface area contributed by atoms with Crippen molar-refractivity contribution in [1.29, 1.82) is 0 Å². The third kappa shape index (κ3) is 0.594. The molecule has 3 aliphatic carbocycles. The molecule has 2 bridgehead atoms. The van der Waals surface area contributed by atoms with Crippen molar-refractivity contribution < 1.29 is 1.37 Å². The lowest BCUT2D eigenvalue weighted by molar-refractivity contribution is 0.329. The van der Waals surface area contributed by atoms with Crippen LogP contribution in [0, 0.1) is 11.8 Å². The highest BCUT2D eigenvalue weighted by Gasteiger charge is 2.21. The zero-order valence-electron chi connectivity index (χ0n) is 6.01. The average molecular weight is 109 g/mol. The van der Waals surface area contributed by atoms with Crippen LogP contribution in [0.3, 0.4) is 0 Å². The molecule has 0 aliphatic heterocycles. The van der Waals surface area contributed by atoms with Crippen molar-refractivity contribution in [3.63, 3.8) is 0 Å². The van der Waals surface area contributed by atoms with Gasteiger partial charge in [-0.2, -0.15) is 0 Å². The second kappa shape index (κ2) is 1.61. The molecule has 44 valence electrons. The number of fused-ring (bicyclic) bond motifs is 2. The molecule has 0 aromatic carbocycles. The van der Waals surface area contributed by atoms with Gasteiger partial charge in [-0.25, -0.2) is 0 Å². The monoisotopic (exact) mass is 109 g/mol. The van der Waals surface area contributed by atoms with E-state index >= 15 is 0 Å². The Morgan fingerprint density at radius 3 is 2.12 bits per heavy atom. The standard InChI is InChI=1S/C8H12/c1-2-8-5-3-7(1)4-6-8/h1-2,7-8H,3-6H2/i3D/t3-,7?,8?/m1/s1. The van der Waals surface area contributed by atoms with Gasteiger partial charge in [-0.1, -0.05) is 12.2 Å². The topological polar surface area (TPSA) is 0 Å². The number of rotatable bonds is 0. The van der Waals surface area contributed by atoms with Crippen molar-refractivity contribution in [2.45, 2.75) is 25.7 Å². The lowest BCUT2D eigenvalue weighted by Gasteiger charge is -2.29. The molecule has 0 aromatic heterocycles. The molecule has 0 heterocycles. The summed E-state index contributed by atoms with van der Waals surface area (Å²) in [6.07, 6.45) is 8.52. The number of hydrogen-bond acceptors (Lipinski definition) is 0. The Morgan fingerprint density at radius 2 is 1.88 bits per heavy atom. The molecule has 0 heteroatoms. The maximum Gasteiger partial charge on any atom is 0.0273 e. The molecule has 8 heavy (non-hydrogen) atoms. The van der Waals surface area contributed by atoms with Crippen molar-refractivity contribution >= 4 is 0 Å². The fraction of sp³-hybridized carbons (Fsp3) is 0.750. The summed E-state index contributed by atoms with van der Waals surface area (Å²) in [5.74, 6) is 1.37. The summed E-state index contributed by atoms with van der Waals surface area (Å²) in [6.45, 7) is 0. The van der Waals surface area contributed by atoms with E-state index in [1.807, 2.05) is 0 Å². The summed E-state index contributed by atoms with van der Waals surface area (Å²) in [6, 6.07) is 0. The van der Waals surface area contributed by atoms with Crippen LogP contribution in [0.2, 0.25) is 0 Å². The van der Waals surface area contributed by atoms with E-state index in [4.69, 9.17) is 1.37 Å². The fourth-order valence-electron chi connectivity index (χ4n) is 1.64. The zero-order chi connectivity index (χ0) is 6.27. The van der Waals surface area contributed by atoms with Crippen LogP contribution in [0.5, 0.6) is 0 Å². The maximum absolute atomic E-state index is 7.61. The first-order chi connectivity index (χ1) is 4.36. The summed E-state index contributed by atoms with van der Waals surface area (Å²) in [5, 5.41) is 0. The van der Waals surface area contributed by atoms with Crippen molar-refractivity contribution in [2.24, 2.45) is 11.8 Å². The number of hydrogen-bond donors (Lipinski definition) is 0. The molecule has 0 saturated heterocycles. The van der Waals surface area contributed by atoms with Gasteiger partial charge in [0.1, 0.15) is 0 Å². The second-order valence-corrected chi connectivity index (χ2v) is 2.86. The van der Waals surface area contributed by atoms with Gasteiger partial charge in [0.05, 0.1) is 0 Å². The molecule has 3 aliphatic rings. The Morgan fingerprint density at radius 1 is 1.12 bits per heavy atom. The Hall–Kier alpha value is -0.260. The Bertz CT molecular complexity index is 140. The van der Waals surface area contributed by atoms with Gasteiger partial charge < -0.3 is 0 Å². The van der Waals surface area contributed by atoms with E-state index in [2.05, 4.69) is 12.2 Å². The molecule has 1 fully saturated rings. The maximum atomic E-state index is 7.61. The third-order valence-electron chi connectivity index (χ3n) is 2.24.